The fraction of sp³-hybridized carbons (Fsp3) is 1.00. The predicted octanol–water partition coefficient (Wildman–Crippen LogP) is 2.45. The second-order valence-corrected chi connectivity index (χ2v) is 4.71. The van der Waals surface area contributed by atoms with Crippen LogP contribution in [-0.4, -0.2) is 38.5 Å². The lowest BCUT2D eigenvalue weighted by atomic mass is 10.0. The highest BCUT2D eigenvalue weighted by Gasteiger charge is 2.15. The minimum atomic E-state index is 0.254. The van der Waals surface area contributed by atoms with Crippen LogP contribution < -0.4 is 5.32 Å². The minimum absolute atomic E-state index is 0.254. The van der Waals surface area contributed by atoms with Crippen molar-refractivity contribution in [3.8, 4) is 0 Å². The highest BCUT2D eigenvalue weighted by atomic mass is 16.5. The molecule has 98 valence electrons. The smallest absolute Gasteiger partial charge is 0.0693 e. The van der Waals surface area contributed by atoms with Crippen LogP contribution in [0.4, 0.5) is 0 Å². The van der Waals surface area contributed by atoms with Gasteiger partial charge in [0.05, 0.1) is 12.2 Å². The lowest BCUT2D eigenvalue weighted by molar-refractivity contribution is 0.0228. The van der Waals surface area contributed by atoms with Crippen molar-refractivity contribution in [2.24, 2.45) is 5.92 Å². The first-order valence-corrected chi connectivity index (χ1v) is 6.40. The molecule has 16 heavy (non-hydrogen) atoms. The second-order valence-electron chi connectivity index (χ2n) is 4.71. The van der Waals surface area contributed by atoms with E-state index in [-0.39, 0.29) is 6.10 Å². The van der Waals surface area contributed by atoms with Crippen LogP contribution in [-0.2, 0) is 9.47 Å². The zero-order valence-electron chi connectivity index (χ0n) is 11.7. The summed E-state index contributed by atoms with van der Waals surface area (Å²) in [5.74, 6) is 0.580. The third-order valence-electron chi connectivity index (χ3n) is 3.10. The molecule has 0 aromatic carbocycles. The first kappa shape index (κ1) is 15.9. The normalized spacial score (nSPS) is 17.4. The van der Waals surface area contributed by atoms with Crippen molar-refractivity contribution in [1.29, 1.82) is 0 Å². The Morgan fingerprint density at radius 1 is 1.12 bits per heavy atom. The number of rotatable bonds is 9. The minimum Gasteiger partial charge on any atom is -0.380 e. The molecule has 0 heterocycles. The van der Waals surface area contributed by atoms with Crippen molar-refractivity contribution >= 4 is 0 Å². The van der Waals surface area contributed by atoms with E-state index in [2.05, 4.69) is 39.9 Å². The molecule has 0 radical (unpaired) electrons. The average molecular weight is 231 g/mol. The van der Waals surface area contributed by atoms with Gasteiger partial charge in [-0.3, -0.25) is 0 Å². The molecule has 0 saturated carbocycles. The molecule has 0 saturated heterocycles. The Hall–Kier alpha value is -0.120. The van der Waals surface area contributed by atoms with Crippen LogP contribution in [0.1, 0.15) is 41.0 Å². The number of methoxy groups -OCH3 is 1. The number of hydrogen-bond acceptors (Lipinski definition) is 3. The van der Waals surface area contributed by atoms with Crippen molar-refractivity contribution < 1.29 is 9.47 Å². The van der Waals surface area contributed by atoms with Crippen LogP contribution in [0.2, 0.25) is 0 Å². The Labute approximate surface area is 101 Å². The van der Waals surface area contributed by atoms with Crippen LogP contribution >= 0.6 is 0 Å². The number of hydrogen-bond donors (Lipinski definition) is 1. The van der Waals surface area contributed by atoms with Crippen molar-refractivity contribution in [2.75, 3.05) is 20.3 Å². The van der Waals surface area contributed by atoms with E-state index in [1.54, 1.807) is 7.11 Å². The van der Waals surface area contributed by atoms with Gasteiger partial charge in [-0.25, -0.2) is 0 Å². The van der Waals surface area contributed by atoms with Gasteiger partial charge in [-0.05, 0) is 39.7 Å². The van der Waals surface area contributed by atoms with Crippen molar-refractivity contribution in [3.05, 3.63) is 0 Å². The Bertz CT molecular complexity index is 162. The Balaban J connectivity index is 3.76. The molecule has 3 unspecified atom stereocenters. The number of ether oxygens (including phenoxy) is 2. The molecule has 0 fully saturated rings. The summed E-state index contributed by atoms with van der Waals surface area (Å²) in [5.41, 5.74) is 0. The molecule has 3 nitrogen and oxygen atoms in total. The van der Waals surface area contributed by atoms with Gasteiger partial charge in [-0.1, -0.05) is 13.8 Å². The average Bonchev–Trinajstić information content (AvgIpc) is 2.26. The topological polar surface area (TPSA) is 30.5 Å². The summed E-state index contributed by atoms with van der Waals surface area (Å²) in [5, 5.41) is 3.47. The summed E-state index contributed by atoms with van der Waals surface area (Å²) in [4.78, 5) is 0. The van der Waals surface area contributed by atoms with Crippen LogP contribution in [0.15, 0.2) is 0 Å². The molecule has 3 atom stereocenters. The molecule has 0 aliphatic heterocycles. The summed E-state index contributed by atoms with van der Waals surface area (Å²) < 4.78 is 11.0. The summed E-state index contributed by atoms with van der Waals surface area (Å²) in [6.07, 6.45) is 1.68. The quantitative estimate of drug-likeness (QED) is 0.661. The van der Waals surface area contributed by atoms with Gasteiger partial charge in [0, 0.05) is 19.8 Å². The maximum atomic E-state index is 5.70. The first-order chi connectivity index (χ1) is 7.52. The molecule has 0 amide bonds. The van der Waals surface area contributed by atoms with Crippen molar-refractivity contribution in [2.45, 2.75) is 59.3 Å². The fourth-order valence-electron chi connectivity index (χ4n) is 1.65. The maximum absolute atomic E-state index is 5.70. The molecule has 0 aliphatic carbocycles. The van der Waals surface area contributed by atoms with Crippen LogP contribution in [0, 0.1) is 5.92 Å². The van der Waals surface area contributed by atoms with Gasteiger partial charge in [-0.2, -0.15) is 0 Å². The standard InChI is InChI=1S/C13H29NO2/c1-7-16-13(10(2)3)8-9-14-11(4)12(5)15-6/h10-14H,7-9H2,1-6H3. The van der Waals surface area contributed by atoms with Crippen LogP contribution in [0.5, 0.6) is 0 Å². The highest BCUT2D eigenvalue weighted by Crippen LogP contribution is 2.10. The molecule has 3 heteroatoms. The molecular weight excluding hydrogens is 202 g/mol. The fourth-order valence-corrected chi connectivity index (χ4v) is 1.65. The molecular formula is C13H29NO2. The summed E-state index contributed by atoms with van der Waals surface area (Å²) in [6.45, 7) is 12.5. The second kappa shape index (κ2) is 8.97. The molecule has 0 rings (SSSR count). The first-order valence-electron chi connectivity index (χ1n) is 6.40. The van der Waals surface area contributed by atoms with E-state index >= 15 is 0 Å². The molecule has 0 aromatic rings. The van der Waals surface area contributed by atoms with Gasteiger partial charge in [0.1, 0.15) is 0 Å². The van der Waals surface area contributed by atoms with E-state index < -0.39 is 0 Å². The Morgan fingerprint density at radius 3 is 2.19 bits per heavy atom. The SMILES string of the molecule is CCOC(CCNC(C)C(C)OC)C(C)C. The molecule has 0 aliphatic rings. The van der Waals surface area contributed by atoms with E-state index in [9.17, 15) is 0 Å². The van der Waals surface area contributed by atoms with Gasteiger partial charge in [0.25, 0.3) is 0 Å². The number of nitrogens with one attached hydrogen (secondary N) is 1. The van der Waals surface area contributed by atoms with E-state index in [1.807, 2.05) is 0 Å². The van der Waals surface area contributed by atoms with Gasteiger partial charge < -0.3 is 14.8 Å². The van der Waals surface area contributed by atoms with Crippen LogP contribution in [0.3, 0.4) is 0 Å². The lowest BCUT2D eigenvalue weighted by Gasteiger charge is -2.24. The maximum Gasteiger partial charge on any atom is 0.0693 e. The molecule has 0 bridgehead atoms. The van der Waals surface area contributed by atoms with E-state index in [4.69, 9.17) is 9.47 Å². The van der Waals surface area contributed by atoms with E-state index in [0.29, 0.717) is 18.1 Å². The largest absolute Gasteiger partial charge is 0.380 e. The van der Waals surface area contributed by atoms with Crippen LogP contribution in [0.25, 0.3) is 0 Å². The molecule has 0 aromatic heterocycles. The Kier molecular flexibility index (Phi) is 8.90. The lowest BCUT2D eigenvalue weighted by Crippen LogP contribution is -2.38. The van der Waals surface area contributed by atoms with E-state index in [0.717, 1.165) is 19.6 Å². The third-order valence-corrected chi connectivity index (χ3v) is 3.10. The van der Waals surface area contributed by atoms with Gasteiger partial charge >= 0.3 is 0 Å². The molecule has 1 N–H and O–H groups in total. The van der Waals surface area contributed by atoms with Gasteiger partial charge in [0.15, 0.2) is 0 Å². The third kappa shape index (κ3) is 6.46. The van der Waals surface area contributed by atoms with Gasteiger partial charge in [0.2, 0.25) is 0 Å². The summed E-state index contributed by atoms with van der Waals surface area (Å²) >= 11 is 0. The van der Waals surface area contributed by atoms with Gasteiger partial charge in [-0.15, -0.1) is 0 Å². The summed E-state index contributed by atoms with van der Waals surface area (Å²) in [7, 11) is 1.75. The van der Waals surface area contributed by atoms with Crippen molar-refractivity contribution in [3.63, 3.8) is 0 Å². The molecule has 0 spiro atoms. The van der Waals surface area contributed by atoms with Crippen molar-refractivity contribution in [1.82, 2.24) is 5.32 Å². The Morgan fingerprint density at radius 2 is 1.75 bits per heavy atom. The monoisotopic (exact) mass is 231 g/mol. The zero-order chi connectivity index (χ0) is 12.6. The zero-order valence-corrected chi connectivity index (χ0v) is 11.7. The highest BCUT2D eigenvalue weighted by molar-refractivity contribution is 4.70. The predicted molar refractivity (Wildman–Crippen MR) is 68.8 cm³/mol. The summed E-state index contributed by atoms with van der Waals surface area (Å²) in [6, 6.07) is 0.388. The van der Waals surface area contributed by atoms with E-state index in [1.165, 1.54) is 0 Å².